The van der Waals surface area contributed by atoms with E-state index < -0.39 is 30.0 Å². The molecule has 1 amide bonds. The predicted molar refractivity (Wildman–Crippen MR) is 87.5 cm³/mol. The fourth-order valence-corrected chi connectivity index (χ4v) is 2.69. The fraction of sp³-hybridized carbons (Fsp3) is 0.412. The molecule has 0 atom stereocenters. The molecule has 1 aromatic carbocycles. The highest BCUT2D eigenvalue weighted by atomic mass is 19.4. The van der Waals surface area contributed by atoms with Crippen molar-refractivity contribution in [1.82, 2.24) is 0 Å². The van der Waals surface area contributed by atoms with Crippen LogP contribution in [0.1, 0.15) is 31.2 Å². The second-order valence-electron chi connectivity index (χ2n) is 5.91. The van der Waals surface area contributed by atoms with Crippen molar-refractivity contribution in [2.24, 2.45) is 0 Å². The number of hydrogen-bond acceptors (Lipinski definition) is 3. The van der Waals surface area contributed by atoms with Crippen LogP contribution in [0.15, 0.2) is 30.4 Å². The Bertz CT molecular complexity index is 680. The van der Waals surface area contributed by atoms with E-state index in [0.717, 1.165) is 31.4 Å². The molecule has 0 aromatic heterocycles. The SMILES string of the molecule is C=C(CC(=O)Nc1cc(C(F)(F)F)ccc1N1CCCCC1)C(=O)O. The average Bonchev–Trinajstić information content (AvgIpc) is 2.54. The van der Waals surface area contributed by atoms with Gasteiger partial charge in [-0.1, -0.05) is 6.58 Å². The average molecular weight is 356 g/mol. The van der Waals surface area contributed by atoms with Crippen LogP contribution in [0.25, 0.3) is 0 Å². The molecule has 0 saturated carbocycles. The van der Waals surface area contributed by atoms with Crippen LogP contribution in [0.3, 0.4) is 0 Å². The molecule has 0 aliphatic carbocycles. The quantitative estimate of drug-likeness (QED) is 0.790. The van der Waals surface area contributed by atoms with Crippen LogP contribution in [0.2, 0.25) is 0 Å². The Hall–Kier alpha value is -2.51. The van der Waals surface area contributed by atoms with E-state index >= 15 is 0 Å². The van der Waals surface area contributed by atoms with Crippen LogP contribution in [0, 0.1) is 0 Å². The molecule has 5 nitrogen and oxygen atoms in total. The summed E-state index contributed by atoms with van der Waals surface area (Å²) >= 11 is 0. The van der Waals surface area contributed by atoms with Crippen molar-refractivity contribution < 1.29 is 27.9 Å². The van der Waals surface area contributed by atoms with Crippen LogP contribution in [0.4, 0.5) is 24.5 Å². The minimum Gasteiger partial charge on any atom is -0.478 e. The van der Waals surface area contributed by atoms with Crippen LogP contribution < -0.4 is 10.2 Å². The van der Waals surface area contributed by atoms with Crippen molar-refractivity contribution >= 4 is 23.3 Å². The number of piperidine rings is 1. The van der Waals surface area contributed by atoms with Crippen molar-refractivity contribution in [2.75, 3.05) is 23.3 Å². The normalized spacial score (nSPS) is 14.9. The molecule has 1 heterocycles. The van der Waals surface area contributed by atoms with Gasteiger partial charge in [0, 0.05) is 18.7 Å². The lowest BCUT2D eigenvalue weighted by Crippen LogP contribution is -2.30. The number of anilines is 2. The van der Waals surface area contributed by atoms with Gasteiger partial charge in [0.15, 0.2) is 0 Å². The van der Waals surface area contributed by atoms with Gasteiger partial charge in [0.25, 0.3) is 0 Å². The zero-order valence-corrected chi connectivity index (χ0v) is 13.5. The van der Waals surface area contributed by atoms with Crippen molar-refractivity contribution in [1.29, 1.82) is 0 Å². The van der Waals surface area contributed by atoms with Crippen molar-refractivity contribution in [2.45, 2.75) is 31.9 Å². The Morgan fingerprint density at radius 3 is 2.40 bits per heavy atom. The zero-order chi connectivity index (χ0) is 18.6. The number of carbonyl (C=O) groups excluding carboxylic acids is 1. The van der Waals surface area contributed by atoms with Gasteiger partial charge in [0.1, 0.15) is 0 Å². The monoisotopic (exact) mass is 356 g/mol. The lowest BCUT2D eigenvalue weighted by molar-refractivity contribution is -0.137. The number of benzene rings is 1. The predicted octanol–water partition coefficient (Wildman–Crippen LogP) is 3.67. The standard InChI is InChI=1S/C17H19F3N2O3/c1-11(16(24)25)9-15(23)21-13-10-12(17(18,19)20)5-6-14(13)22-7-3-2-4-8-22/h5-6,10H,1-4,7-9H2,(H,21,23)(H,24,25). The molecule has 1 aromatic rings. The van der Waals surface area contributed by atoms with Gasteiger partial charge in [-0.25, -0.2) is 4.79 Å². The molecule has 2 N–H and O–H groups in total. The van der Waals surface area contributed by atoms with Crippen LogP contribution in [-0.2, 0) is 15.8 Å². The third-order valence-corrected chi connectivity index (χ3v) is 3.97. The number of amides is 1. The maximum absolute atomic E-state index is 13.0. The first kappa shape index (κ1) is 18.8. The van der Waals surface area contributed by atoms with Crippen molar-refractivity contribution in [3.63, 3.8) is 0 Å². The summed E-state index contributed by atoms with van der Waals surface area (Å²) in [6.45, 7) is 4.64. The summed E-state index contributed by atoms with van der Waals surface area (Å²) in [5.41, 5.74) is -0.675. The number of carbonyl (C=O) groups is 2. The minimum atomic E-state index is -4.54. The van der Waals surface area contributed by atoms with Gasteiger partial charge >= 0.3 is 12.1 Å². The van der Waals surface area contributed by atoms with Gasteiger partial charge in [-0.05, 0) is 37.5 Å². The van der Waals surface area contributed by atoms with Gasteiger partial charge < -0.3 is 15.3 Å². The molecule has 136 valence electrons. The first-order valence-corrected chi connectivity index (χ1v) is 7.85. The van der Waals surface area contributed by atoms with E-state index in [2.05, 4.69) is 11.9 Å². The van der Waals surface area contributed by atoms with E-state index in [9.17, 15) is 22.8 Å². The number of aliphatic carboxylic acids is 1. The van der Waals surface area contributed by atoms with E-state index in [1.54, 1.807) is 0 Å². The summed E-state index contributed by atoms with van der Waals surface area (Å²) in [6.07, 6.45) is -2.14. The van der Waals surface area contributed by atoms with Gasteiger partial charge in [0.05, 0.1) is 23.4 Å². The molecular formula is C17H19F3N2O3. The Morgan fingerprint density at radius 2 is 1.84 bits per heavy atom. The number of alkyl halides is 3. The van der Waals surface area contributed by atoms with Gasteiger partial charge in [-0.15, -0.1) is 0 Å². The number of nitrogens with zero attached hydrogens (tertiary/aromatic N) is 1. The third-order valence-electron chi connectivity index (χ3n) is 3.97. The maximum atomic E-state index is 13.0. The van der Waals surface area contributed by atoms with Crippen LogP contribution >= 0.6 is 0 Å². The molecule has 0 radical (unpaired) electrons. The number of hydrogen-bond donors (Lipinski definition) is 2. The Labute approximate surface area is 143 Å². The molecule has 1 fully saturated rings. The van der Waals surface area contributed by atoms with E-state index in [-0.39, 0.29) is 11.3 Å². The molecule has 8 heteroatoms. The number of carboxylic acids is 1. The molecule has 0 spiro atoms. The van der Waals surface area contributed by atoms with Crippen molar-refractivity contribution in [3.8, 4) is 0 Å². The number of carboxylic acid groups (broad SMARTS) is 1. The molecular weight excluding hydrogens is 337 g/mol. The Kier molecular flexibility index (Phi) is 5.71. The first-order chi connectivity index (χ1) is 11.7. The minimum absolute atomic E-state index is 0.0277. The van der Waals surface area contributed by atoms with E-state index in [4.69, 9.17) is 5.11 Å². The maximum Gasteiger partial charge on any atom is 0.416 e. The van der Waals surface area contributed by atoms with Gasteiger partial charge in [-0.3, -0.25) is 4.79 Å². The second-order valence-corrected chi connectivity index (χ2v) is 5.91. The number of rotatable bonds is 5. The highest BCUT2D eigenvalue weighted by Crippen LogP contribution is 2.36. The lowest BCUT2D eigenvalue weighted by atomic mass is 10.1. The molecule has 1 saturated heterocycles. The number of halogens is 3. The second kappa shape index (κ2) is 7.58. The summed E-state index contributed by atoms with van der Waals surface area (Å²) in [6, 6.07) is 3.21. The first-order valence-electron chi connectivity index (χ1n) is 7.85. The van der Waals surface area contributed by atoms with Crippen molar-refractivity contribution in [3.05, 3.63) is 35.9 Å². The highest BCUT2D eigenvalue weighted by molar-refractivity contribution is 6.00. The molecule has 2 rings (SSSR count). The topological polar surface area (TPSA) is 69.6 Å². The summed E-state index contributed by atoms with van der Waals surface area (Å²) in [5, 5.41) is 11.2. The third kappa shape index (κ3) is 4.98. The zero-order valence-electron chi connectivity index (χ0n) is 13.5. The lowest BCUT2D eigenvalue weighted by Gasteiger charge is -2.31. The van der Waals surface area contributed by atoms with E-state index in [1.807, 2.05) is 4.90 Å². The van der Waals surface area contributed by atoms with Crippen LogP contribution in [-0.4, -0.2) is 30.1 Å². The van der Waals surface area contributed by atoms with E-state index in [1.165, 1.54) is 6.07 Å². The smallest absolute Gasteiger partial charge is 0.416 e. The molecule has 0 bridgehead atoms. The highest BCUT2D eigenvalue weighted by Gasteiger charge is 2.32. The summed E-state index contributed by atoms with van der Waals surface area (Å²) in [7, 11) is 0. The molecule has 0 unspecified atom stereocenters. The summed E-state index contributed by atoms with van der Waals surface area (Å²) in [5.74, 6) is -2.04. The Morgan fingerprint density at radius 1 is 1.20 bits per heavy atom. The summed E-state index contributed by atoms with van der Waals surface area (Å²) in [4.78, 5) is 24.7. The van der Waals surface area contributed by atoms with E-state index in [0.29, 0.717) is 18.8 Å². The van der Waals surface area contributed by atoms with Gasteiger partial charge in [-0.2, -0.15) is 13.2 Å². The molecule has 25 heavy (non-hydrogen) atoms. The summed E-state index contributed by atoms with van der Waals surface area (Å²) < 4.78 is 38.9. The molecule has 1 aliphatic heterocycles. The van der Waals surface area contributed by atoms with Crippen LogP contribution in [0.5, 0.6) is 0 Å². The van der Waals surface area contributed by atoms with Gasteiger partial charge in [0.2, 0.25) is 5.91 Å². The molecule has 1 aliphatic rings. The largest absolute Gasteiger partial charge is 0.478 e. The Balaban J connectivity index is 2.29. The number of nitrogens with one attached hydrogen (secondary N) is 1. The fourth-order valence-electron chi connectivity index (χ4n) is 2.69.